The van der Waals surface area contributed by atoms with E-state index in [0.717, 1.165) is 20.9 Å². The number of hydrogen-bond donors (Lipinski definition) is 1. The predicted octanol–water partition coefficient (Wildman–Crippen LogP) is 4.59. The van der Waals surface area contributed by atoms with Gasteiger partial charge in [0.1, 0.15) is 6.04 Å². The van der Waals surface area contributed by atoms with Crippen LogP contribution in [-0.4, -0.2) is 17.9 Å². The molecule has 1 aliphatic heterocycles. The van der Waals surface area contributed by atoms with Crippen LogP contribution in [0, 0.1) is 0 Å². The van der Waals surface area contributed by atoms with E-state index < -0.39 is 6.04 Å². The lowest BCUT2D eigenvalue weighted by Gasteiger charge is -2.24. The number of anilines is 2. The van der Waals surface area contributed by atoms with Crippen LogP contribution in [0.5, 0.6) is 0 Å². The lowest BCUT2D eigenvalue weighted by molar-refractivity contribution is -0.117. The highest BCUT2D eigenvalue weighted by atomic mass is 79.9. The van der Waals surface area contributed by atoms with E-state index in [1.807, 2.05) is 60.7 Å². The molecule has 0 saturated carbocycles. The van der Waals surface area contributed by atoms with Gasteiger partial charge in [-0.2, -0.15) is 0 Å². The van der Waals surface area contributed by atoms with Crippen LogP contribution in [-0.2, 0) is 4.79 Å². The molecule has 5 heteroatoms. The molecular weight excluding hydrogens is 380 g/mol. The van der Waals surface area contributed by atoms with Crippen LogP contribution in [0.25, 0.3) is 10.8 Å². The van der Waals surface area contributed by atoms with Crippen LogP contribution in [0.4, 0.5) is 11.4 Å². The highest BCUT2D eigenvalue weighted by Gasteiger charge is 2.35. The molecule has 1 N–H and O–H groups in total. The lowest BCUT2D eigenvalue weighted by atomic mass is 10.1. The van der Waals surface area contributed by atoms with Gasteiger partial charge < -0.3 is 5.32 Å². The van der Waals surface area contributed by atoms with E-state index in [0.29, 0.717) is 11.3 Å². The van der Waals surface area contributed by atoms with Crippen molar-refractivity contribution >= 4 is 49.9 Å². The first-order valence-corrected chi connectivity index (χ1v) is 8.77. The first-order chi connectivity index (χ1) is 12.1. The van der Waals surface area contributed by atoms with Crippen molar-refractivity contribution in [3.63, 3.8) is 0 Å². The van der Waals surface area contributed by atoms with Crippen molar-refractivity contribution in [2.75, 3.05) is 10.2 Å². The summed E-state index contributed by atoms with van der Waals surface area (Å²) in [6.07, 6.45) is 0. The molecule has 1 atom stereocenters. The topological polar surface area (TPSA) is 49.4 Å². The highest BCUT2D eigenvalue weighted by molar-refractivity contribution is 9.10. The van der Waals surface area contributed by atoms with Crippen LogP contribution in [0.1, 0.15) is 17.3 Å². The monoisotopic (exact) mass is 394 g/mol. The molecule has 0 aliphatic carbocycles. The predicted molar refractivity (Wildman–Crippen MR) is 103 cm³/mol. The van der Waals surface area contributed by atoms with Crippen molar-refractivity contribution in [3.05, 3.63) is 70.7 Å². The second kappa shape index (κ2) is 6.01. The van der Waals surface area contributed by atoms with Crippen molar-refractivity contribution in [1.82, 2.24) is 0 Å². The Morgan fingerprint density at radius 2 is 1.72 bits per heavy atom. The van der Waals surface area contributed by atoms with E-state index in [2.05, 4.69) is 21.2 Å². The minimum Gasteiger partial charge on any atom is -0.324 e. The molecule has 0 unspecified atom stereocenters. The molecule has 0 spiro atoms. The van der Waals surface area contributed by atoms with Crippen molar-refractivity contribution in [2.45, 2.75) is 13.0 Å². The van der Waals surface area contributed by atoms with Gasteiger partial charge in [-0.05, 0) is 48.7 Å². The van der Waals surface area contributed by atoms with E-state index in [9.17, 15) is 9.59 Å². The zero-order valence-corrected chi connectivity index (χ0v) is 15.1. The van der Waals surface area contributed by atoms with Crippen LogP contribution >= 0.6 is 15.9 Å². The van der Waals surface area contributed by atoms with Gasteiger partial charge in [0.15, 0.2) is 0 Å². The Morgan fingerprint density at radius 1 is 1.04 bits per heavy atom. The molecule has 0 fully saturated rings. The zero-order valence-electron chi connectivity index (χ0n) is 13.5. The number of benzene rings is 3. The summed E-state index contributed by atoms with van der Waals surface area (Å²) in [5, 5.41) is 4.79. The molecule has 25 heavy (non-hydrogen) atoms. The molecular formula is C20H15BrN2O2. The number of rotatable bonds is 3. The molecule has 124 valence electrons. The average molecular weight is 395 g/mol. The fourth-order valence-electron chi connectivity index (χ4n) is 3.22. The first-order valence-electron chi connectivity index (χ1n) is 7.98. The average Bonchev–Trinajstić information content (AvgIpc) is 2.91. The van der Waals surface area contributed by atoms with Gasteiger partial charge in [0.05, 0.1) is 5.69 Å². The number of carbonyl (C=O) groups excluding carboxylic acids is 2. The third-order valence-electron chi connectivity index (χ3n) is 4.47. The molecule has 4 nitrogen and oxygen atoms in total. The minimum absolute atomic E-state index is 0.134. The van der Waals surface area contributed by atoms with Crippen LogP contribution < -0.4 is 10.2 Å². The SMILES string of the molecule is C[C@H](C(=O)Nc1ccc(Br)cc1)N1C(=O)c2cccc3cccc1c23. The number of hydrogen-bond acceptors (Lipinski definition) is 2. The van der Waals surface area contributed by atoms with E-state index >= 15 is 0 Å². The lowest BCUT2D eigenvalue weighted by Crippen LogP contribution is -2.44. The summed E-state index contributed by atoms with van der Waals surface area (Å²) in [5.41, 5.74) is 2.13. The summed E-state index contributed by atoms with van der Waals surface area (Å²) in [6.45, 7) is 1.75. The Morgan fingerprint density at radius 3 is 2.44 bits per heavy atom. The smallest absolute Gasteiger partial charge is 0.259 e. The summed E-state index contributed by atoms with van der Waals surface area (Å²) in [5.74, 6) is -0.356. The summed E-state index contributed by atoms with van der Waals surface area (Å²) in [6, 6.07) is 18.2. The Bertz CT molecular complexity index is 993. The van der Waals surface area contributed by atoms with Crippen LogP contribution in [0.2, 0.25) is 0 Å². The third kappa shape index (κ3) is 2.61. The second-order valence-corrected chi connectivity index (χ2v) is 6.94. The van der Waals surface area contributed by atoms with Gasteiger partial charge in [-0.3, -0.25) is 14.5 Å². The summed E-state index contributed by atoms with van der Waals surface area (Å²) in [4.78, 5) is 27.1. The molecule has 3 aromatic carbocycles. The van der Waals surface area contributed by atoms with E-state index in [-0.39, 0.29) is 11.8 Å². The Hall–Kier alpha value is -2.66. The second-order valence-electron chi connectivity index (χ2n) is 6.03. The van der Waals surface area contributed by atoms with Gasteiger partial charge in [-0.1, -0.05) is 40.2 Å². The third-order valence-corrected chi connectivity index (χ3v) is 5.00. The molecule has 1 aliphatic rings. The summed E-state index contributed by atoms with van der Waals surface area (Å²) in [7, 11) is 0. The fourth-order valence-corrected chi connectivity index (χ4v) is 3.49. The van der Waals surface area contributed by atoms with Gasteiger partial charge in [0, 0.05) is 21.1 Å². The molecule has 0 saturated heterocycles. The van der Waals surface area contributed by atoms with Gasteiger partial charge in [-0.25, -0.2) is 0 Å². The Labute approximate surface area is 153 Å². The number of halogens is 1. The Kier molecular flexibility index (Phi) is 3.81. The number of nitrogens with zero attached hydrogens (tertiary/aromatic N) is 1. The fraction of sp³-hybridized carbons (Fsp3) is 0.100. The molecule has 3 aromatic rings. The first kappa shape index (κ1) is 15.8. The minimum atomic E-state index is -0.617. The normalized spacial score (nSPS) is 14.0. The quantitative estimate of drug-likeness (QED) is 0.705. The molecule has 4 rings (SSSR count). The maximum atomic E-state index is 12.9. The molecule has 1 heterocycles. The molecule has 0 bridgehead atoms. The largest absolute Gasteiger partial charge is 0.324 e. The van der Waals surface area contributed by atoms with Gasteiger partial charge in [0.25, 0.3) is 5.91 Å². The highest BCUT2D eigenvalue weighted by Crippen LogP contribution is 2.38. The van der Waals surface area contributed by atoms with E-state index in [1.54, 1.807) is 11.8 Å². The molecule has 2 amide bonds. The van der Waals surface area contributed by atoms with Gasteiger partial charge in [0.2, 0.25) is 5.91 Å². The standard InChI is InChI=1S/C20H15BrN2O2/c1-12(19(24)22-15-10-8-14(21)9-11-15)23-17-7-3-5-13-4-2-6-16(18(13)17)20(23)25/h2-12H,1H3,(H,22,24)/t12-/m1/s1. The van der Waals surface area contributed by atoms with Crippen molar-refractivity contribution in [3.8, 4) is 0 Å². The van der Waals surface area contributed by atoms with Crippen LogP contribution in [0.3, 0.4) is 0 Å². The number of amides is 2. The van der Waals surface area contributed by atoms with E-state index in [4.69, 9.17) is 0 Å². The maximum absolute atomic E-state index is 12.9. The molecule has 0 radical (unpaired) electrons. The molecule has 0 aromatic heterocycles. The summed E-state index contributed by atoms with van der Waals surface area (Å²) >= 11 is 3.37. The number of carbonyl (C=O) groups is 2. The van der Waals surface area contributed by atoms with Crippen molar-refractivity contribution < 1.29 is 9.59 Å². The van der Waals surface area contributed by atoms with Crippen molar-refractivity contribution in [2.24, 2.45) is 0 Å². The van der Waals surface area contributed by atoms with Gasteiger partial charge >= 0.3 is 0 Å². The summed E-state index contributed by atoms with van der Waals surface area (Å²) < 4.78 is 0.940. The van der Waals surface area contributed by atoms with Gasteiger partial charge in [-0.15, -0.1) is 0 Å². The number of nitrogens with one attached hydrogen (secondary N) is 1. The van der Waals surface area contributed by atoms with E-state index in [1.165, 1.54) is 0 Å². The van der Waals surface area contributed by atoms with Crippen LogP contribution in [0.15, 0.2) is 65.1 Å². The maximum Gasteiger partial charge on any atom is 0.259 e. The van der Waals surface area contributed by atoms with Crippen molar-refractivity contribution in [1.29, 1.82) is 0 Å². The zero-order chi connectivity index (χ0) is 17.6. The Balaban J connectivity index is 1.66.